The smallest absolute Gasteiger partial charge is 0.408 e. The maximum atomic E-state index is 12.2. The summed E-state index contributed by atoms with van der Waals surface area (Å²) >= 11 is 0. The minimum Gasteiger partial charge on any atom is -0.408 e. The molecule has 27 heavy (non-hydrogen) atoms. The van der Waals surface area contributed by atoms with E-state index in [-0.39, 0.29) is 19.0 Å². The van der Waals surface area contributed by atoms with Gasteiger partial charge in [-0.2, -0.15) is 0 Å². The summed E-state index contributed by atoms with van der Waals surface area (Å²) in [5.41, 5.74) is 4.74. The van der Waals surface area contributed by atoms with Gasteiger partial charge in [-0.1, -0.05) is 29.8 Å². The number of nitrogens with one attached hydrogen (secondary N) is 2. The zero-order valence-corrected chi connectivity index (χ0v) is 15.5. The van der Waals surface area contributed by atoms with Gasteiger partial charge in [0.1, 0.15) is 6.54 Å². The number of anilines is 1. The van der Waals surface area contributed by atoms with Crippen LogP contribution in [0.25, 0.3) is 11.1 Å². The lowest BCUT2D eigenvalue weighted by molar-refractivity contribution is -0.124. The van der Waals surface area contributed by atoms with E-state index in [0.717, 1.165) is 22.4 Å². The van der Waals surface area contributed by atoms with Crippen molar-refractivity contribution in [2.75, 3.05) is 11.9 Å². The van der Waals surface area contributed by atoms with Crippen molar-refractivity contribution in [3.8, 4) is 0 Å². The highest BCUT2D eigenvalue weighted by atomic mass is 16.4. The molecule has 0 spiro atoms. The number of rotatable bonds is 5. The fourth-order valence-electron chi connectivity index (χ4n) is 3.10. The number of benzene rings is 2. The van der Waals surface area contributed by atoms with Crippen LogP contribution in [0.15, 0.2) is 45.6 Å². The predicted molar refractivity (Wildman–Crippen MR) is 103 cm³/mol. The van der Waals surface area contributed by atoms with Crippen molar-refractivity contribution in [1.82, 2.24) is 9.88 Å². The first kappa shape index (κ1) is 18.4. The lowest BCUT2D eigenvalue weighted by Crippen LogP contribution is -2.36. The van der Waals surface area contributed by atoms with Gasteiger partial charge in [-0.15, -0.1) is 0 Å². The summed E-state index contributed by atoms with van der Waals surface area (Å²) in [6, 6.07) is 10.8. The number of para-hydroxylation sites is 2. The van der Waals surface area contributed by atoms with Gasteiger partial charge in [0.2, 0.25) is 11.8 Å². The minimum atomic E-state index is -0.610. The molecule has 0 saturated heterocycles. The molecule has 0 aliphatic heterocycles. The molecule has 1 aromatic heterocycles. The Morgan fingerprint density at radius 2 is 1.70 bits per heavy atom. The van der Waals surface area contributed by atoms with Crippen LogP contribution in [0.3, 0.4) is 0 Å². The maximum absolute atomic E-state index is 12.2. The quantitative estimate of drug-likeness (QED) is 0.723. The lowest BCUT2D eigenvalue weighted by atomic mass is 10.1. The Balaban J connectivity index is 1.61. The minimum absolute atomic E-state index is 0.184. The molecule has 2 aromatic carbocycles. The first-order valence-electron chi connectivity index (χ1n) is 8.58. The average Bonchev–Trinajstić information content (AvgIpc) is 2.92. The Bertz CT molecular complexity index is 1060. The molecule has 2 N–H and O–H groups in total. The van der Waals surface area contributed by atoms with Gasteiger partial charge < -0.3 is 15.1 Å². The number of carbonyl (C=O) groups is 2. The third-order valence-electron chi connectivity index (χ3n) is 4.26. The molecule has 3 rings (SSSR count). The Labute approximate surface area is 156 Å². The summed E-state index contributed by atoms with van der Waals surface area (Å²) in [5.74, 6) is -1.39. The van der Waals surface area contributed by atoms with Crippen molar-refractivity contribution in [3.63, 3.8) is 0 Å². The standard InChI is InChI=1S/C20H21N3O4/c1-12-8-13(2)19(14(3)9-12)22-17(24)10-21-18(25)11-23-15-6-4-5-7-16(15)27-20(23)26/h4-9H,10-11H2,1-3H3,(H,21,25)(H,22,24). The molecular formula is C20H21N3O4. The molecule has 0 atom stereocenters. The van der Waals surface area contributed by atoms with Crippen LogP contribution < -0.4 is 16.4 Å². The average molecular weight is 367 g/mol. The molecular weight excluding hydrogens is 346 g/mol. The topological polar surface area (TPSA) is 93.3 Å². The van der Waals surface area contributed by atoms with E-state index in [4.69, 9.17) is 4.42 Å². The van der Waals surface area contributed by atoms with E-state index in [1.54, 1.807) is 24.3 Å². The van der Waals surface area contributed by atoms with Crippen LogP contribution in [0.4, 0.5) is 5.69 Å². The maximum Gasteiger partial charge on any atom is 0.420 e. The lowest BCUT2D eigenvalue weighted by Gasteiger charge is -2.13. The van der Waals surface area contributed by atoms with Crippen molar-refractivity contribution in [1.29, 1.82) is 0 Å². The van der Waals surface area contributed by atoms with E-state index in [1.807, 2.05) is 32.9 Å². The van der Waals surface area contributed by atoms with Gasteiger partial charge in [0.25, 0.3) is 0 Å². The molecule has 140 valence electrons. The number of oxazole rings is 1. The number of hydrogen-bond acceptors (Lipinski definition) is 4. The first-order chi connectivity index (χ1) is 12.8. The zero-order chi connectivity index (χ0) is 19.6. The molecule has 0 aliphatic carbocycles. The highest BCUT2D eigenvalue weighted by molar-refractivity contribution is 5.95. The highest BCUT2D eigenvalue weighted by Crippen LogP contribution is 2.21. The van der Waals surface area contributed by atoms with Crippen molar-refractivity contribution in [3.05, 3.63) is 63.6 Å². The van der Waals surface area contributed by atoms with Gasteiger partial charge in [-0.25, -0.2) is 4.79 Å². The summed E-state index contributed by atoms with van der Waals surface area (Å²) in [6.07, 6.45) is 0. The highest BCUT2D eigenvalue weighted by Gasteiger charge is 2.14. The number of hydrogen-bond donors (Lipinski definition) is 2. The van der Waals surface area contributed by atoms with Gasteiger partial charge in [0.05, 0.1) is 12.1 Å². The van der Waals surface area contributed by atoms with E-state index in [9.17, 15) is 14.4 Å². The van der Waals surface area contributed by atoms with Crippen LogP contribution in [0.5, 0.6) is 0 Å². The van der Waals surface area contributed by atoms with Gasteiger partial charge in [0, 0.05) is 5.69 Å². The number of aryl methyl sites for hydroxylation is 3. The van der Waals surface area contributed by atoms with Gasteiger partial charge in [-0.3, -0.25) is 14.2 Å². The van der Waals surface area contributed by atoms with Crippen molar-refractivity contribution in [2.24, 2.45) is 0 Å². The van der Waals surface area contributed by atoms with E-state index < -0.39 is 11.7 Å². The Morgan fingerprint density at radius 1 is 1.04 bits per heavy atom. The molecule has 1 heterocycles. The van der Waals surface area contributed by atoms with E-state index in [2.05, 4.69) is 10.6 Å². The number of carbonyl (C=O) groups excluding carboxylic acids is 2. The van der Waals surface area contributed by atoms with Crippen LogP contribution in [-0.2, 0) is 16.1 Å². The normalized spacial score (nSPS) is 10.8. The van der Waals surface area contributed by atoms with Crippen molar-refractivity contribution >= 4 is 28.6 Å². The molecule has 7 nitrogen and oxygen atoms in total. The van der Waals surface area contributed by atoms with Gasteiger partial charge >= 0.3 is 5.76 Å². The van der Waals surface area contributed by atoms with Crippen LogP contribution >= 0.6 is 0 Å². The van der Waals surface area contributed by atoms with Gasteiger partial charge in [-0.05, 0) is 44.0 Å². The summed E-state index contributed by atoms with van der Waals surface area (Å²) in [7, 11) is 0. The number of nitrogens with zero attached hydrogens (tertiary/aromatic N) is 1. The summed E-state index contributed by atoms with van der Waals surface area (Å²) in [5, 5.41) is 5.35. The third kappa shape index (κ3) is 4.08. The van der Waals surface area contributed by atoms with Crippen LogP contribution in [-0.4, -0.2) is 22.9 Å². The molecule has 7 heteroatoms. The summed E-state index contributed by atoms with van der Waals surface area (Å²) < 4.78 is 6.32. The van der Waals surface area contributed by atoms with E-state index >= 15 is 0 Å². The third-order valence-corrected chi connectivity index (χ3v) is 4.26. The Hall–Kier alpha value is -3.35. The monoisotopic (exact) mass is 367 g/mol. The van der Waals surface area contributed by atoms with E-state index in [1.165, 1.54) is 4.57 Å². The second kappa shape index (κ2) is 7.49. The molecule has 0 bridgehead atoms. The van der Waals surface area contributed by atoms with Crippen molar-refractivity contribution in [2.45, 2.75) is 27.3 Å². The van der Waals surface area contributed by atoms with Crippen LogP contribution in [0.2, 0.25) is 0 Å². The second-order valence-corrected chi connectivity index (χ2v) is 6.52. The Morgan fingerprint density at radius 3 is 2.41 bits per heavy atom. The molecule has 0 saturated carbocycles. The largest absolute Gasteiger partial charge is 0.420 e. The van der Waals surface area contributed by atoms with E-state index in [0.29, 0.717) is 11.1 Å². The second-order valence-electron chi connectivity index (χ2n) is 6.52. The summed E-state index contributed by atoms with van der Waals surface area (Å²) in [6.45, 7) is 5.43. The predicted octanol–water partition coefficient (Wildman–Crippen LogP) is 2.27. The number of aromatic nitrogens is 1. The molecule has 0 radical (unpaired) electrons. The molecule has 2 amide bonds. The molecule has 0 aliphatic rings. The Kier molecular flexibility index (Phi) is 5.12. The van der Waals surface area contributed by atoms with Crippen molar-refractivity contribution < 1.29 is 14.0 Å². The van der Waals surface area contributed by atoms with Crippen LogP contribution in [0, 0.1) is 20.8 Å². The fraction of sp³-hybridized carbons (Fsp3) is 0.250. The zero-order valence-electron chi connectivity index (χ0n) is 15.5. The molecule has 0 unspecified atom stereocenters. The number of fused-ring (bicyclic) bond motifs is 1. The molecule has 3 aromatic rings. The number of amides is 2. The van der Waals surface area contributed by atoms with Crippen LogP contribution in [0.1, 0.15) is 16.7 Å². The SMILES string of the molecule is Cc1cc(C)c(NC(=O)CNC(=O)Cn2c(=O)oc3ccccc32)c(C)c1. The fourth-order valence-corrected chi connectivity index (χ4v) is 3.10. The molecule has 0 fully saturated rings. The van der Waals surface area contributed by atoms with Gasteiger partial charge in [0.15, 0.2) is 5.58 Å². The summed E-state index contributed by atoms with van der Waals surface area (Å²) in [4.78, 5) is 36.2. The first-order valence-corrected chi connectivity index (χ1v) is 8.58.